The summed E-state index contributed by atoms with van der Waals surface area (Å²) in [7, 11) is 1.79. The molecule has 0 bridgehead atoms. The SMILES string of the molecule is CCC.CNC(CCCCNC(=O)CCS)C(C)=O. The van der Waals surface area contributed by atoms with Gasteiger partial charge in [0.1, 0.15) is 5.78 Å². The highest BCUT2D eigenvalue weighted by Crippen LogP contribution is 2.01. The van der Waals surface area contributed by atoms with Gasteiger partial charge in [-0.25, -0.2) is 0 Å². The molecule has 1 unspecified atom stereocenters. The highest BCUT2D eigenvalue weighted by Gasteiger charge is 2.10. The zero-order valence-electron chi connectivity index (χ0n) is 12.8. The van der Waals surface area contributed by atoms with Crippen LogP contribution in [0.3, 0.4) is 0 Å². The average Bonchev–Trinajstić information content (AvgIpc) is 2.34. The number of Topliss-reactive ketones (excluding diaryl/α,β-unsaturated/α-hetero) is 1. The number of ketones is 1. The Bertz CT molecular complexity index is 235. The molecule has 2 N–H and O–H groups in total. The molecule has 0 radical (unpaired) electrons. The summed E-state index contributed by atoms with van der Waals surface area (Å²) in [5, 5.41) is 5.79. The van der Waals surface area contributed by atoms with Crippen LogP contribution in [0.5, 0.6) is 0 Å². The van der Waals surface area contributed by atoms with E-state index in [1.54, 1.807) is 14.0 Å². The van der Waals surface area contributed by atoms with E-state index >= 15 is 0 Å². The van der Waals surface area contributed by atoms with E-state index in [4.69, 9.17) is 0 Å². The maximum atomic E-state index is 11.1. The summed E-state index contributed by atoms with van der Waals surface area (Å²) in [6.45, 7) is 6.52. The average molecular weight is 290 g/mol. The largest absolute Gasteiger partial charge is 0.356 e. The van der Waals surface area contributed by atoms with Crippen LogP contribution in [0.25, 0.3) is 0 Å². The van der Waals surface area contributed by atoms with Gasteiger partial charge >= 0.3 is 0 Å². The molecule has 0 saturated heterocycles. The van der Waals surface area contributed by atoms with Gasteiger partial charge in [0.2, 0.25) is 5.91 Å². The topological polar surface area (TPSA) is 58.2 Å². The van der Waals surface area contributed by atoms with E-state index in [0.717, 1.165) is 19.3 Å². The zero-order valence-corrected chi connectivity index (χ0v) is 13.7. The van der Waals surface area contributed by atoms with E-state index in [9.17, 15) is 9.59 Å². The second-order valence-corrected chi connectivity index (χ2v) is 4.93. The lowest BCUT2D eigenvalue weighted by molar-refractivity contribution is -0.121. The Labute approximate surface area is 123 Å². The number of carbonyl (C=O) groups excluding carboxylic acids is 2. The summed E-state index contributed by atoms with van der Waals surface area (Å²) in [5.41, 5.74) is 0. The molecule has 0 aliphatic rings. The van der Waals surface area contributed by atoms with Crippen molar-refractivity contribution in [3.63, 3.8) is 0 Å². The number of hydrogen-bond donors (Lipinski definition) is 3. The van der Waals surface area contributed by atoms with Gasteiger partial charge in [0.25, 0.3) is 0 Å². The minimum atomic E-state index is -0.0480. The van der Waals surface area contributed by atoms with Crippen LogP contribution in [0.15, 0.2) is 0 Å². The normalized spacial score (nSPS) is 11.2. The molecule has 0 rings (SSSR count). The number of rotatable bonds is 9. The van der Waals surface area contributed by atoms with Crippen LogP contribution >= 0.6 is 12.6 Å². The molecule has 114 valence electrons. The lowest BCUT2D eigenvalue weighted by Gasteiger charge is -2.12. The molecule has 19 heavy (non-hydrogen) atoms. The fourth-order valence-electron chi connectivity index (χ4n) is 1.44. The van der Waals surface area contributed by atoms with E-state index in [-0.39, 0.29) is 17.7 Å². The van der Waals surface area contributed by atoms with E-state index < -0.39 is 0 Å². The first kappa shape index (κ1) is 20.8. The van der Waals surface area contributed by atoms with Crippen LogP contribution in [0.2, 0.25) is 0 Å². The van der Waals surface area contributed by atoms with Crippen LogP contribution < -0.4 is 10.6 Å². The Hall–Kier alpha value is -0.550. The predicted octanol–water partition coefficient (Wildman–Crippen LogP) is 2.19. The highest BCUT2D eigenvalue weighted by molar-refractivity contribution is 7.80. The van der Waals surface area contributed by atoms with Gasteiger partial charge in [0.15, 0.2) is 0 Å². The number of hydrogen-bond acceptors (Lipinski definition) is 4. The van der Waals surface area contributed by atoms with Gasteiger partial charge in [-0.05, 0) is 39.0 Å². The third-order valence-electron chi connectivity index (χ3n) is 2.42. The number of thiol groups is 1. The minimum absolute atomic E-state index is 0.0479. The zero-order chi connectivity index (χ0) is 15.1. The molecule has 1 atom stereocenters. The van der Waals surface area contributed by atoms with Crippen molar-refractivity contribution < 1.29 is 9.59 Å². The molecular formula is C14H30N2O2S. The Balaban J connectivity index is 0. The molecule has 4 nitrogen and oxygen atoms in total. The molecule has 5 heteroatoms. The first-order valence-corrected chi connectivity index (χ1v) is 7.71. The fraction of sp³-hybridized carbons (Fsp3) is 0.857. The van der Waals surface area contributed by atoms with Gasteiger partial charge in [-0.2, -0.15) is 12.6 Å². The summed E-state index contributed by atoms with van der Waals surface area (Å²) in [6.07, 6.45) is 4.39. The molecule has 1 amide bonds. The quantitative estimate of drug-likeness (QED) is 0.451. The Morgan fingerprint density at radius 3 is 2.21 bits per heavy atom. The smallest absolute Gasteiger partial charge is 0.220 e. The minimum Gasteiger partial charge on any atom is -0.356 e. The molecule has 0 aromatic carbocycles. The van der Waals surface area contributed by atoms with Gasteiger partial charge < -0.3 is 10.6 Å². The number of likely N-dealkylation sites (N-methyl/N-ethyl adjacent to an activating group) is 1. The third-order valence-corrected chi connectivity index (χ3v) is 2.64. The summed E-state index contributed by atoms with van der Waals surface area (Å²) >= 11 is 3.98. The lowest BCUT2D eigenvalue weighted by atomic mass is 10.1. The molecule has 0 fully saturated rings. The van der Waals surface area contributed by atoms with Crippen LogP contribution in [0, 0.1) is 0 Å². The van der Waals surface area contributed by atoms with Crippen molar-refractivity contribution >= 4 is 24.3 Å². The molecule has 0 aliphatic heterocycles. The van der Waals surface area contributed by atoms with Crippen LogP contribution in [-0.2, 0) is 9.59 Å². The van der Waals surface area contributed by atoms with Crippen LogP contribution in [0.4, 0.5) is 0 Å². The van der Waals surface area contributed by atoms with Crippen LogP contribution in [0.1, 0.15) is 52.9 Å². The summed E-state index contributed by atoms with van der Waals surface area (Å²) in [4.78, 5) is 22.2. The molecule has 0 aromatic rings. The Morgan fingerprint density at radius 2 is 1.79 bits per heavy atom. The Morgan fingerprint density at radius 1 is 1.21 bits per heavy atom. The standard InChI is InChI=1S/C11H22N2O2S.C3H8/c1-9(14)10(12-2)5-3-4-7-13-11(15)6-8-16;1-3-2/h10,12,16H,3-8H2,1-2H3,(H,13,15);3H2,1-2H3. The van der Waals surface area contributed by atoms with Crippen molar-refractivity contribution in [3.05, 3.63) is 0 Å². The predicted molar refractivity (Wildman–Crippen MR) is 84.8 cm³/mol. The molecule has 0 spiro atoms. The second-order valence-electron chi connectivity index (χ2n) is 4.48. The first-order valence-electron chi connectivity index (χ1n) is 7.08. The van der Waals surface area contributed by atoms with Crippen molar-refractivity contribution in [1.82, 2.24) is 10.6 Å². The van der Waals surface area contributed by atoms with Gasteiger partial charge in [-0.15, -0.1) is 0 Å². The van der Waals surface area contributed by atoms with Gasteiger partial charge in [-0.1, -0.05) is 20.3 Å². The van der Waals surface area contributed by atoms with Gasteiger partial charge in [0, 0.05) is 13.0 Å². The third kappa shape index (κ3) is 15.4. The second kappa shape index (κ2) is 15.5. The fourth-order valence-corrected chi connectivity index (χ4v) is 1.65. The summed E-state index contributed by atoms with van der Waals surface area (Å²) in [6, 6.07) is -0.0480. The van der Waals surface area contributed by atoms with E-state index in [1.807, 2.05) is 0 Å². The van der Waals surface area contributed by atoms with Crippen LogP contribution in [-0.4, -0.2) is 37.1 Å². The van der Waals surface area contributed by atoms with Crippen molar-refractivity contribution in [3.8, 4) is 0 Å². The molecule has 0 aromatic heterocycles. The number of unbranched alkanes of at least 4 members (excludes halogenated alkanes) is 1. The molecule has 0 saturated carbocycles. The molecular weight excluding hydrogens is 260 g/mol. The molecule has 0 aliphatic carbocycles. The number of amides is 1. The maximum absolute atomic E-state index is 11.1. The van der Waals surface area contributed by atoms with Gasteiger partial charge in [-0.3, -0.25) is 9.59 Å². The van der Waals surface area contributed by atoms with E-state index in [2.05, 4.69) is 37.1 Å². The first-order chi connectivity index (χ1) is 9.03. The number of nitrogens with one attached hydrogen (secondary N) is 2. The monoisotopic (exact) mass is 290 g/mol. The van der Waals surface area contributed by atoms with Crippen molar-refractivity contribution in [2.75, 3.05) is 19.3 Å². The Kier molecular flexibility index (Phi) is 16.9. The van der Waals surface area contributed by atoms with Crippen molar-refractivity contribution in [2.45, 2.75) is 58.9 Å². The van der Waals surface area contributed by atoms with Gasteiger partial charge in [0.05, 0.1) is 6.04 Å². The van der Waals surface area contributed by atoms with E-state index in [0.29, 0.717) is 18.7 Å². The van der Waals surface area contributed by atoms with E-state index in [1.165, 1.54) is 6.42 Å². The highest BCUT2D eigenvalue weighted by atomic mass is 32.1. The molecule has 0 heterocycles. The maximum Gasteiger partial charge on any atom is 0.220 e. The van der Waals surface area contributed by atoms with Crippen molar-refractivity contribution in [1.29, 1.82) is 0 Å². The lowest BCUT2D eigenvalue weighted by Crippen LogP contribution is -2.32. The summed E-state index contributed by atoms with van der Waals surface area (Å²) in [5.74, 6) is 0.797. The number of carbonyl (C=O) groups is 2. The van der Waals surface area contributed by atoms with Crippen molar-refractivity contribution in [2.24, 2.45) is 0 Å². The summed E-state index contributed by atoms with van der Waals surface area (Å²) < 4.78 is 0.